The SMILES string of the molecule is CCC(CC)C(=O)Nc1c(C#N)cccc1OC. The van der Waals surface area contributed by atoms with Crippen LogP contribution in [0.4, 0.5) is 5.69 Å². The Hall–Kier alpha value is -2.02. The number of nitrogens with zero attached hydrogens (tertiary/aromatic N) is 1. The van der Waals surface area contributed by atoms with E-state index in [0.29, 0.717) is 17.0 Å². The van der Waals surface area contributed by atoms with Crippen LogP contribution in [-0.2, 0) is 4.79 Å². The minimum atomic E-state index is -0.0685. The van der Waals surface area contributed by atoms with Gasteiger partial charge in [-0.05, 0) is 25.0 Å². The van der Waals surface area contributed by atoms with Gasteiger partial charge in [0, 0.05) is 5.92 Å². The number of para-hydroxylation sites is 1. The number of benzene rings is 1. The van der Waals surface area contributed by atoms with E-state index < -0.39 is 0 Å². The Morgan fingerprint density at radius 3 is 2.61 bits per heavy atom. The number of carbonyl (C=O) groups excluding carboxylic acids is 1. The molecule has 0 bridgehead atoms. The maximum Gasteiger partial charge on any atom is 0.227 e. The Balaban J connectivity index is 3.03. The third kappa shape index (κ3) is 3.01. The first-order valence-electron chi connectivity index (χ1n) is 6.05. The second-order valence-electron chi connectivity index (χ2n) is 4.00. The highest BCUT2D eigenvalue weighted by atomic mass is 16.5. The van der Waals surface area contributed by atoms with Gasteiger partial charge in [0.1, 0.15) is 17.5 Å². The quantitative estimate of drug-likeness (QED) is 0.868. The van der Waals surface area contributed by atoms with Gasteiger partial charge < -0.3 is 10.1 Å². The normalized spacial score (nSPS) is 9.94. The van der Waals surface area contributed by atoms with Crippen molar-refractivity contribution < 1.29 is 9.53 Å². The Bertz CT molecular complexity index is 459. The summed E-state index contributed by atoms with van der Waals surface area (Å²) in [7, 11) is 1.52. The van der Waals surface area contributed by atoms with Crippen molar-refractivity contribution >= 4 is 11.6 Å². The molecule has 1 rings (SSSR count). The number of anilines is 1. The van der Waals surface area contributed by atoms with E-state index in [0.717, 1.165) is 12.8 Å². The molecule has 1 N–H and O–H groups in total. The molecule has 0 atom stereocenters. The summed E-state index contributed by atoms with van der Waals surface area (Å²) in [5.74, 6) is 0.399. The maximum atomic E-state index is 12.0. The highest BCUT2D eigenvalue weighted by Crippen LogP contribution is 2.28. The Labute approximate surface area is 108 Å². The molecule has 0 radical (unpaired) electrons. The third-order valence-electron chi connectivity index (χ3n) is 2.97. The standard InChI is InChI=1S/C14H18N2O2/c1-4-10(5-2)14(17)16-13-11(9-15)7-6-8-12(13)18-3/h6-8,10H,4-5H2,1-3H3,(H,16,17). The van der Waals surface area contributed by atoms with Crippen molar-refractivity contribution in [1.82, 2.24) is 0 Å². The van der Waals surface area contributed by atoms with E-state index in [1.165, 1.54) is 7.11 Å². The van der Waals surface area contributed by atoms with Gasteiger partial charge in [0.15, 0.2) is 0 Å². The van der Waals surface area contributed by atoms with Gasteiger partial charge in [-0.2, -0.15) is 5.26 Å². The molecule has 1 aromatic rings. The van der Waals surface area contributed by atoms with Gasteiger partial charge in [-0.1, -0.05) is 19.9 Å². The molecular formula is C14H18N2O2. The number of nitriles is 1. The zero-order valence-corrected chi connectivity index (χ0v) is 11.0. The van der Waals surface area contributed by atoms with Crippen LogP contribution in [0.2, 0.25) is 0 Å². The summed E-state index contributed by atoms with van der Waals surface area (Å²) in [6, 6.07) is 7.17. The van der Waals surface area contributed by atoms with Crippen LogP contribution in [0, 0.1) is 17.2 Å². The van der Waals surface area contributed by atoms with E-state index in [1.54, 1.807) is 18.2 Å². The monoisotopic (exact) mass is 246 g/mol. The highest BCUT2D eigenvalue weighted by Gasteiger charge is 2.18. The molecule has 0 aliphatic rings. The van der Waals surface area contributed by atoms with Crippen LogP contribution in [0.3, 0.4) is 0 Å². The molecule has 0 aromatic heterocycles. The third-order valence-corrected chi connectivity index (χ3v) is 2.97. The van der Waals surface area contributed by atoms with Crippen molar-refractivity contribution in [2.45, 2.75) is 26.7 Å². The molecule has 0 saturated carbocycles. The van der Waals surface area contributed by atoms with Gasteiger partial charge in [0.05, 0.1) is 12.7 Å². The molecule has 0 aliphatic heterocycles. The van der Waals surface area contributed by atoms with Crippen molar-refractivity contribution in [3.63, 3.8) is 0 Å². The first kappa shape index (κ1) is 14.0. The summed E-state index contributed by atoms with van der Waals surface area (Å²) in [6.07, 6.45) is 1.55. The smallest absolute Gasteiger partial charge is 0.227 e. The average Bonchev–Trinajstić information content (AvgIpc) is 2.40. The lowest BCUT2D eigenvalue weighted by Gasteiger charge is -2.15. The van der Waals surface area contributed by atoms with Crippen molar-refractivity contribution in [3.05, 3.63) is 23.8 Å². The second-order valence-corrected chi connectivity index (χ2v) is 4.00. The summed E-state index contributed by atoms with van der Waals surface area (Å²) in [6.45, 7) is 3.95. The number of nitrogens with one attached hydrogen (secondary N) is 1. The first-order chi connectivity index (χ1) is 8.67. The summed E-state index contributed by atoms with van der Waals surface area (Å²) in [5.41, 5.74) is 0.869. The van der Waals surface area contributed by atoms with Crippen LogP contribution < -0.4 is 10.1 Å². The van der Waals surface area contributed by atoms with Crippen molar-refractivity contribution in [2.24, 2.45) is 5.92 Å². The summed E-state index contributed by atoms with van der Waals surface area (Å²) in [4.78, 5) is 12.0. The van der Waals surface area contributed by atoms with Crippen LogP contribution in [0.5, 0.6) is 5.75 Å². The molecule has 0 spiro atoms. The summed E-state index contributed by atoms with van der Waals surface area (Å²) in [5, 5.41) is 11.8. The minimum absolute atomic E-state index is 0.0403. The molecule has 1 aromatic carbocycles. The first-order valence-corrected chi connectivity index (χ1v) is 6.05. The molecule has 1 amide bonds. The van der Waals surface area contributed by atoms with Gasteiger partial charge in [0.2, 0.25) is 5.91 Å². The molecule has 0 saturated heterocycles. The molecule has 0 heterocycles. The maximum absolute atomic E-state index is 12.0. The number of amides is 1. The van der Waals surface area contributed by atoms with E-state index >= 15 is 0 Å². The molecule has 18 heavy (non-hydrogen) atoms. The number of hydrogen-bond acceptors (Lipinski definition) is 3. The Kier molecular flexibility index (Phi) is 5.19. The topological polar surface area (TPSA) is 62.1 Å². The van der Waals surface area contributed by atoms with Crippen LogP contribution >= 0.6 is 0 Å². The van der Waals surface area contributed by atoms with E-state index in [4.69, 9.17) is 10.00 Å². The summed E-state index contributed by atoms with van der Waals surface area (Å²) >= 11 is 0. The lowest BCUT2D eigenvalue weighted by atomic mass is 10.0. The molecule has 0 fully saturated rings. The molecule has 96 valence electrons. The lowest BCUT2D eigenvalue weighted by Crippen LogP contribution is -2.22. The number of carbonyl (C=O) groups is 1. The molecule has 0 unspecified atom stereocenters. The van der Waals surface area contributed by atoms with E-state index in [1.807, 2.05) is 13.8 Å². The number of ether oxygens (including phenoxy) is 1. The number of hydrogen-bond donors (Lipinski definition) is 1. The Morgan fingerprint density at radius 2 is 2.11 bits per heavy atom. The van der Waals surface area contributed by atoms with Crippen LogP contribution in [-0.4, -0.2) is 13.0 Å². The number of rotatable bonds is 5. The minimum Gasteiger partial charge on any atom is -0.495 e. The van der Waals surface area contributed by atoms with E-state index in [9.17, 15) is 4.79 Å². The second kappa shape index (κ2) is 6.65. The lowest BCUT2D eigenvalue weighted by molar-refractivity contribution is -0.120. The van der Waals surface area contributed by atoms with E-state index in [-0.39, 0.29) is 11.8 Å². The van der Waals surface area contributed by atoms with Crippen LogP contribution in [0.1, 0.15) is 32.3 Å². The predicted molar refractivity (Wildman–Crippen MR) is 70.4 cm³/mol. The Morgan fingerprint density at radius 1 is 1.44 bits per heavy atom. The number of methoxy groups -OCH3 is 1. The van der Waals surface area contributed by atoms with Crippen LogP contribution in [0.25, 0.3) is 0 Å². The van der Waals surface area contributed by atoms with E-state index in [2.05, 4.69) is 11.4 Å². The fraction of sp³-hybridized carbons (Fsp3) is 0.429. The van der Waals surface area contributed by atoms with Gasteiger partial charge in [-0.3, -0.25) is 4.79 Å². The summed E-state index contributed by atoms with van der Waals surface area (Å²) < 4.78 is 5.17. The highest BCUT2D eigenvalue weighted by molar-refractivity contribution is 5.95. The average molecular weight is 246 g/mol. The van der Waals surface area contributed by atoms with Crippen molar-refractivity contribution in [1.29, 1.82) is 5.26 Å². The molecule has 4 heteroatoms. The molecule has 4 nitrogen and oxygen atoms in total. The van der Waals surface area contributed by atoms with Gasteiger partial charge in [0.25, 0.3) is 0 Å². The zero-order valence-electron chi connectivity index (χ0n) is 11.0. The fourth-order valence-corrected chi connectivity index (χ4v) is 1.81. The molecule has 0 aliphatic carbocycles. The zero-order chi connectivity index (χ0) is 13.5. The van der Waals surface area contributed by atoms with Crippen LogP contribution in [0.15, 0.2) is 18.2 Å². The molecular weight excluding hydrogens is 228 g/mol. The fourth-order valence-electron chi connectivity index (χ4n) is 1.81. The van der Waals surface area contributed by atoms with Crippen molar-refractivity contribution in [2.75, 3.05) is 12.4 Å². The van der Waals surface area contributed by atoms with Gasteiger partial charge in [-0.25, -0.2) is 0 Å². The largest absolute Gasteiger partial charge is 0.495 e. The van der Waals surface area contributed by atoms with Gasteiger partial charge in [-0.15, -0.1) is 0 Å². The van der Waals surface area contributed by atoms with Crippen molar-refractivity contribution in [3.8, 4) is 11.8 Å². The predicted octanol–water partition coefficient (Wildman–Crippen LogP) is 2.94. The van der Waals surface area contributed by atoms with Gasteiger partial charge >= 0.3 is 0 Å².